The second-order valence-electron chi connectivity index (χ2n) is 6.51. The third kappa shape index (κ3) is 4.39. The molecule has 1 saturated heterocycles. The third-order valence-electron chi connectivity index (χ3n) is 3.61. The minimum absolute atomic E-state index is 0.295. The smallest absolute Gasteiger partial charge is 0.338 e. The van der Waals surface area contributed by atoms with Gasteiger partial charge in [-0.1, -0.05) is 12.1 Å². The lowest BCUT2D eigenvalue weighted by Crippen LogP contribution is -2.46. The normalized spacial score (nSPS) is 18.9. The predicted molar refractivity (Wildman–Crippen MR) is 81.1 cm³/mol. The van der Waals surface area contributed by atoms with E-state index in [1.807, 2.05) is 32.9 Å². The summed E-state index contributed by atoms with van der Waals surface area (Å²) in [4.78, 5) is 24.8. The molecule has 0 saturated carbocycles. The topological polar surface area (TPSA) is 46.6 Å². The van der Waals surface area contributed by atoms with Crippen LogP contribution in [0.3, 0.4) is 0 Å². The number of likely N-dealkylation sites (tertiary alicyclic amines) is 1. The van der Waals surface area contributed by atoms with Crippen molar-refractivity contribution < 1.29 is 14.3 Å². The molecule has 1 atom stereocenters. The molecule has 0 N–H and O–H groups in total. The Bertz CT molecular complexity index is 502. The van der Waals surface area contributed by atoms with E-state index in [0.29, 0.717) is 18.0 Å². The molecular formula is C17H23NO3. The summed E-state index contributed by atoms with van der Waals surface area (Å²) in [5.74, 6) is -0.295. The Morgan fingerprint density at radius 3 is 2.48 bits per heavy atom. The first kappa shape index (κ1) is 15.7. The maximum absolute atomic E-state index is 11.9. The van der Waals surface area contributed by atoms with Gasteiger partial charge < -0.3 is 9.53 Å². The van der Waals surface area contributed by atoms with Gasteiger partial charge >= 0.3 is 5.97 Å². The average molecular weight is 289 g/mol. The predicted octanol–water partition coefficient (Wildman–Crippen LogP) is 2.81. The highest BCUT2D eigenvalue weighted by Crippen LogP contribution is 2.22. The van der Waals surface area contributed by atoms with Crippen molar-refractivity contribution in [1.82, 2.24) is 4.90 Å². The molecule has 4 nitrogen and oxygen atoms in total. The van der Waals surface area contributed by atoms with Crippen LogP contribution in [0.25, 0.3) is 0 Å². The molecular weight excluding hydrogens is 266 g/mol. The molecule has 1 aliphatic heterocycles. The number of aldehydes is 1. The largest absolute Gasteiger partial charge is 0.456 e. The average Bonchev–Trinajstić information content (AvgIpc) is 2.39. The van der Waals surface area contributed by atoms with Gasteiger partial charge in [-0.3, -0.25) is 4.90 Å². The molecule has 4 heteroatoms. The van der Waals surface area contributed by atoms with Crippen molar-refractivity contribution in [2.45, 2.75) is 51.8 Å². The van der Waals surface area contributed by atoms with Crippen molar-refractivity contribution in [2.24, 2.45) is 0 Å². The number of carbonyl (C=O) groups excluding carboxylic acids is 2. The highest BCUT2D eigenvalue weighted by atomic mass is 16.6. The van der Waals surface area contributed by atoms with Gasteiger partial charge in [0, 0.05) is 25.6 Å². The van der Waals surface area contributed by atoms with Crippen molar-refractivity contribution in [3.63, 3.8) is 0 Å². The maximum atomic E-state index is 11.9. The van der Waals surface area contributed by atoms with Gasteiger partial charge in [0.25, 0.3) is 0 Å². The Balaban J connectivity index is 1.93. The lowest BCUT2D eigenvalue weighted by Gasteiger charge is -2.40. The van der Waals surface area contributed by atoms with Crippen LogP contribution in [0, 0.1) is 0 Å². The fourth-order valence-corrected chi connectivity index (χ4v) is 2.40. The molecule has 2 rings (SSSR count). The van der Waals surface area contributed by atoms with Crippen LogP contribution in [-0.2, 0) is 16.1 Å². The van der Waals surface area contributed by atoms with E-state index in [4.69, 9.17) is 4.74 Å². The molecule has 114 valence electrons. The summed E-state index contributed by atoms with van der Waals surface area (Å²) in [6.07, 6.45) is 2.69. The van der Waals surface area contributed by atoms with Crippen LogP contribution >= 0.6 is 0 Å². The fourth-order valence-electron chi connectivity index (χ4n) is 2.40. The minimum atomic E-state index is -0.477. The molecule has 0 aromatic heterocycles. The molecule has 1 aliphatic rings. The number of benzene rings is 1. The van der Waals surface area contributed by atoms with Crippen molar-refractivity contribution in [3.8, 4) is 0 Å². The summed E-state index contributed by atoms with van der Waals surface area (Å²) in [6.45, 7) is 7.43. The third-order valence-corrected chi connectivity index (χ3v) is 3.61. The van der Waals surface area contributed by atoms with Gasteiger partial charge in [0.1, 0.15) is 11.9 Å². The summed E-state index contributed by atoms with van der Waals surface area (Å²) in [7, 11) is 0. The number of rotatable bonds is 5. The number of hydrogen-bond donors (Lipinski definition) is 0. The fraction of sp³-hybridized carbons (Fsp3) is 0.529. The first-order chi connectivity index (χ1) is 9.89. The summed E-state index contributed by atoms with van der Waals surface area (Å²) in [5, 5.41) is 0. The standard InChI is InChI=1S/C17H23NO3/c1-17(2,3)21-16(20)14-6-4-13(5-7-14)12-18-10-8-15(18)9-11-19/h4-7,11,15H,8-10,12H2,1-3H3. The van der Waals surface area contributed by atoms with Crippen LogP contribution < -0.4 is 0 Å². The first-order valence-electron chi connectivity index (χ1n) is 7.39. The molecule has 1 fully saturated rings. The Morgan fingerprint density at radius 1 is 1.33 bits per heavy atom. The van der Waals surface area contributed by atoms with Crippen LogP contribution in [0.2, 0.25) is 0 Å². The molecule has 0 radical (unpaired) electrons. The van der Waals surface area contributed by atoms with Crippen molar-refractivity contribution in [1.29, 1.82) is 0 Å². The first-order valence-corrected chi connectivity index (χ1v) is 7.39. The van der Waals surface area contributed by atoms with E-state index in [9.17, 15) is 9.59 Å². The number of carbonyl (C=O) groups is 2. The maximum Gasteiger partial charge on any atom is 0.338 e. The van der Waals surface area contributed by atoms with Gasteiger partial charge in [0.05, 0.1) is 5.56 Å². The highest BCUT2D eigenvalue weighted by molar-refractivity contribution is 5.89. The second kappa shape index (κ2) is 6.39. The monoisotopic (exact) mass is 289 g/mol. The molecule has 0 aliphatic carbocycles. The zero-order valence-electron chi connectivity index (χ0n) is 13.0. The number of hydrogen-bond acceptors (Lipinski definition) is 4. The van der Waals surface area contributed by atoms with E-state index in [0.717, 1.165) is 31.4 Å². The van der Waals surface area contributed by atoms with Crippen molar-refractivity contribution in [2.75, 3.05) is 6.54 Å². The lowest BCUT2D eigenvalue weighted by atomic mass is 9.99. The Morgan fingerprint density at radius 2 is 2.00 bits per heavy atom. The molecule has 1 aromatic carbocycles. The van der Waals surface area contributed by atoms with E-state index in [-0.39, 0.29) is 5.97 Å². The van der Waals surface area contributed by atoms with Gasteiger partial charge in [-0.2, -0.15) is 0 Å². The van der Waals surface area contributed by atoms with E-state index in [2.05, 4.69) is 4.90 Å². The zero-order valence-corrected chi connectivity index (χ0v) is 13.0. The van der Waals surface area contributed by atoms with Crippen LogP contribution in [0.1, 0.15) is 49.5 Å². The van der Waals surface area contributed by atoms with Gasteiger partial charge in [-0.15, -0.1) is 0 Å². The quantitative estimate of drug-likeness (QED) is 0.618. The second-order valence-corrected chi connectivity index (χ2v) is 6.51. The van der Waals surface area contributed by atoms with Crippen LogP contribution in [0.4, 0.5) is 0 Å². The highest BCUT2D eigenvalue weighted by Gasteiger charge is 2.27. The SMILES string of the molecule is CC(C)(C)OC(=O)c1ccc(CN2CCC2CC=O)cc1. The number of ether oxygens (including phenoxy) is 1. The van der Waals surface area contributed by atoms with E-state index in [1.54, 1.807) is 12.1 Å². The van der Waals surface area contributed by atoms with Gasteiger partial charge in [0.15, 0.2) is 0 Å². The summed E-state index contributed by atoms with van der Waals surface area (Å²) >= 11 is 0. The van der Waals surface area contributed by atoms with Crippen LogP contribution in [-0.4, -0.2) is 35.3 Å². The molecule has 0 spiro atoms. The van der Waals surface area contributed by atoms with E-state index in [1.165, 1.54) is 0 Å². The number of nitrogens with zero attached hydrogens (tertiary/aromatic N) is 1. The van der Waals surface area contributed by atoms with E-state index >= 15 is 0 Å². The minimum Gasteiger partial charge on any atom is -0.456 e. The van der Waals surface area contributed by atoms with Crippen LogP contribution in [0.5, 0.6) is 0 Å². The molecule has 1 heterocycles. The Labute approximate surface area is 126 Å². The Kier molecular flexibility index (Phi) is 4.78. The van der Waals surface area contributed by atoms with Gasteiger partial charge in [-0.05, 0) is 44.9 Å². The van der Waals surface area contributed by atoms with Crippen molar-refractivity contribution >= 4 is 12.3 Å². The molecule has 1 aromatic rings. The lowest BCUT2D eigenvalue weighted by molar-refractivity contribution is -0.110. The molecule has 0 bridgehead atoms. The van der Waals surface area contributed by atoms with Gasteiger partial charge in [-0.25, -0.2) is 4.79 Å². The summed E-state index contributed by atoms with van der Waals surface area (Å²) in [6, 6.07) is 7.90. The summed E-state index contributed by atoms with van der Waals surface area (Å²) < 4.78 is 5.34. The molecule has 0 amide bonds. The Hall–Kier alpha value is -1.68. The summed E-state index contributed by atoms with van der Waals surface area (Å²) in [5.41, 5.74) is 1.25. The molecule has 21 heavy (non-hydrogen) atoms. The zero-order chi connectivity index (χ0) is 15.5. The molecule has 1 unspecified atom stereocenters. The van der Waals surface area contributed by atoms with Crippen molar-refractivity contribution in [3.05, 3.63) is 35.4 Å². The van der Waals surface area contributed by atoms with Crippen LogP contribution in [0.15, 0.2) is 24.3 Å². The van der Waals surface area contributed by atoms with Gasteiger partial charge in [0.2, 0.25) is 0 Å². The number of esters is 1. The van der Waals surface area contributed by atoms with E-state index < -0.39 is 5.60 Å².